The topological polar surface area (TPSA) is 64.4 Å². The normalized spacial score (nSPS) is 10.1. The first-order chi connectivity index (χ1) is 16.7. The lowest BCUT2D eigenvalue weighted by molar-refractivity contribution is 0.0748. The Kier molecular flexibility index (Phi) is 13.8. The number of amides is 2. The van der Waals surface area contributed by atoms with Gasteiger partial charge in [0.05, 0.1) is 10.0 Å². The highest BCUT2D eigenvalue weighted by molar-refractivity contribution is 9.10. The zero-order valence-electron chi connectivity index (χ0n) is 20.9. The van der Waals surface area contributed by atoms with Crippen LogP contribution in [0.3, 0.4) is 0 Å². The molecular formula is C27H34BrF2N3O2. The Balaban J connectivity index is 0.000000351. The van der Waals surface area contributed by atoms with E-state index >= 15 is 0 Å². The molecule has 2 amide bonds. The summed E-state index contributed by atoms with van der Waals surface area (Å²) in [7, 11) is 0. The predicted octanol–water partition coefficient (Wildman–Crippen LogP) is 6.81. The number of halogens is 3. The van der Waals surface area contributed by atoms with Crippen LogP contribution in [0.4, 0.5) is 8.78 Å². The summed E-state index contributed by atoms with van der Waals surface area (Å²) in [4.78, 5) is 27.9. The lowest BCUT2D eigenvalue weighted by Crippen LogP contribution is -2.32. The fourth-order valence-corrected chi connectivity index (χ4v) is 3.83. The molecule has 0 heterocycles. The van der Waals surface area contributed by atoms with Gasteiger partial charge in [-0.2, -0.15) is 5.26 Å². The number of hydrogen-bond acceptors (Lipinski definition) is 3. The molecule has 2 aromatic rings. The minimum atomic E-state index is -0.591. The van der Waals surface area contributed by atoms with Crippen LogP contribution >= 0.6 is 15.9 Å². The molecule has 0 saturated heterocycles. The van der Waals surface area contributed by atoms with Gasteiger partial charge in [-0.1, -0.05) is 27.7 Å². The number of carbonyl (C=O) groups is 2. The first-order valence-corrected chi connectivity index (χ1v) is 12.8. The monoisotopic (exact) mass is 549 g/mol. The molecule has 35 heavy (non-hydrogen) atoms. The molecule has 0 radical (unpaired) electrons. The van der Waals surface area contributed by atoms with Crippen molar-refractivity contribution >= 4 is 27.7 Å². The highest BCUT2D eigenvalue weighted by Gasteiger charge is 2.16. The molecule has 0 N–H and O–H groups in total. The van der Waals surface area contributed by atoms with E-state index in [1.54, 1.807) is 15.9 Å². The maximum atomic E-state index is 13.2. The maximum Gasteiger partial charge on any atom is 0.253 e. The van der Waals surface area contributed by atoms with Gasteiger partial charge in [0.2, 0.25) is 0 Å². The molecule has 2 rings (SSSR count). The van der Waals surface area contributed by atoms with Crippen molar-refractivity contribution in [1.29, 1.82) is 5.26 Å². The van der Waals surface area contributed by atoms with Gasteiger partial charge in [-0.3, -0.25) is 9.59 Å². The molecule has 0 spiro atoms. The van der Waals surface area contributed by atoms with E-state index in [0.717, 1.165) is 38.8 Å². The van der Waals surface area contributed by atoms with Crippen LogP contribution in [-0.4, -0.2) is 47.8 Å². The average Bonchev–Trinajstić information content (AvgIpc) is 2.85. The van der Waals surface area contributed by atoms with Crippen LogP contribution in [0.2, 0.25) is 0 Å². The third-order valence-electron chi connectivity index (χ3n) is 5.05. The van der Waals surface area contributed by atoms with Crippen LogP contribution in [0.1, 0.15) is 79.7 Å². The third kappa shape index (κ3) is 9.41. The highest BCUT2D eigenvalue weighted by Crippen LogP contribution is 2.18. The molecule has 0 saturated carbocycles. The summed E-state index contributed by atoms with van der Waals surface area (Å²) in [6.07, 6.45) is 3.60. The standard InChI is InChI=1S/C14H17FN2O.C13H17BrFNO/c1-3-7-17(8-4-2)14(18)11-5-6-13(15)12(9-11)10-16;1-3-7-16(8-4-2)13(17)10-5-6-12(15)11(14)9-10/h5-6,9H,3-4,7-8H2,1-2H3;5-6,9H,3-4,7-8H2,1-2H3. The summed E-state index contributed by atoms with van der Waals surface area (Å²) in [5, 5.41) is 8.76. The molecule has 0 bridgehead atoms. The molecular weight excluding hydrogens is 516 g/mol. The van der Waals surface area contributed by atoms with Crippen molar-refractivity contribution in [2.24, 2.45) is 0 Å². The maximum absolute atomic E-state index is 13.2. The molecule has 0 aliphatic carbocycles. The lowest BCUT2D eigenvalue weighted by Gasteiger charge is -2.21. The average molecular weight is 550 g/mol. The number of carbonyl (C=O) groups excluding carboxylic acids is 2. The lowest BCUT2D eigenvalue weighted by atomic mass is 10.1. The smallest absolute Gasteiger partial charge is 0.253 e. The number of hydrogen-bond donors (Lipinski definition) is 0. The number of nitrogens with zero attached hydrogens (tertiary/aromatic N) is 3. The molecule has 0 aromatic heterocycles. The second kappa shape index (κ2) is 16.0. The van der Waals surface area contributed by atoms with Crippen molar-refractivity contribution in [3.05, 3.63) is 69.2 Å². The van der Waals surface area contributed by atoms with Crippen molar-refractivity contribution in [1.82, 2.24) is 9.80 Å². The summed E-state index contributed by atoms with van der Waals surface area (Å²) < 4.78 is 26.6. The van der Waals surface area contributed by atoms with E-state index in [4.69, 9.17) is 5.26 Å². The second-order valence-electron chi connectivity index (χ2n) is 8.02. The van der Waals surface area contributed by atoms with Gasteiger partial charge in [0.25, 0.3) is 11.8 Å². The van der Waals surface area contributed by atoms with Gasteiger partial charge in [-0.15, -0.1) is 0 Å². The largest absolute Gasteiger partial charge is 0.339 e. The van der Waals surface area contributed by atoms with Gasteiger partial charge < -0.3 is 9.80 Å². The summed E-state index contributed by atoms with van der Waals surface area (Å²) in [5.41, 5.74) is 0.809. The van der Waals surface area contributed by atoms with E-state index in [2.05, 4.69) is 15.9 Å². The van der Waals surface area contributed by atoms with Gasteiger partial charge in [0.1, 0.15) is 17.7 Å². The van der Waals surface area contributed by atoms with E-state index in [1.165, 1.54) is 36.4 Å². The summed E-state index contributed by atoms with van der Waals surface area (Å²) in [5.74, 6) is -1.12. The minimum Gasteiger partial charge on any atom is -0.339 e. The van der Waals surface area contributed by atoms with Crippen LogP contribution in [0.5, 0.6) is 0 Å². The van der Waals surface area contributed by atoms with Gasteiger partial charge in [0.15, 0.2) is 0 Å². The van der Waals surface area contributed by atoms with E-state index in [1.807, 2.05) is 27.7 Å². The Labute approximate surface area is 215 Å². The SMILES string of the molecule is CCCN(CCC)C(=O)c1ccc(F)c(Br)c1.CCCN(CCC)C(=O)c1ccc(F)c(C#N)c1. The Morgan fingerprint density at radius 3 is 1.54 bits per heavy atom. The number of nitriles is 1. The molecule has 0 aliphatic rings. The van der Waals surface area contributed by atoms with Crippen molar-refractivity contribution in [3.8, 4) is 6.07 Å². The second-order valence-corrected chi connectivity index (χ2v) is 8.87. The first-order valence-electron chi connectivity index (χ1n) is 12.0. The number of rotatable bonds is 10. The molecule has 0 unspecified atom stereocenters. The predicted molar refractivity (Wildman–Crippen MR) is 138 cm³/mol. The summed E-state index contributed by atoms with van der Waals surface area (Å²) in [6, 6.07) is 10.0. The third-order valence-corrected chi connectivity index (χ3v) is 5.66. The van der Waals surface area contributed by atoms with Crippen LogP contribution < -0.4 is 0 Å². The minimum absolute atomic E-state index is 0.0330. The fourth-order valence-electron chi connectivity index (χ4n) is 3.45. The van der Waals surface area contributed by atoms with Gasteiger partial charge in [-0.05, 0) is 78.0 Å². The van der Waals surface area contributed by atoms with Gasteiger partial charge >= 0.3 is 0 Å². The Morgan fingerprint density at radius 1 is 0.771 bits per heavy atom. The van der Waals surface area contributed by atoms with Gasteiger partial charge in [-0.25, -0.2) is 8.78 Å². The van der Waals surface area contributed by atoms with Crippen molar-refractivity contribution in [3.63, 3.8) is 0 Å². The Hall–Kier alpha value is -2.79. The molecule has 0 atom stereocenters. The molecule has 0 fully saturated rings. The Morgan fingerprint density at radius 2 is 1.17 bits per heavy atom. The molecule has 8 heteroatoms. The van der Waals surface area contributed by atoms with Crippen LogP contribution in [0, 0.1) is 23.0 Å². The summed E-state index contributed by atoms with van der Waals surface area (Å²) in [6.45, 7) is 10.9. The van der Waals surface area contributed by atoms with E-state index in [9.17, 15) is 18.4 Å². The Bertz CT molecular complexity index is 1010. The molecule has 2 aromatic carbocycles. The van der Waals surface area contributed by atoms with Crippen LogP contribution in [0.15, 0.2) is 40.9 Å². The molecule has 190 valence electrons. The zero-order valence-corrected chi connectivity index (χ0v) is 22.5. The van der Waals surface area contributed by atoms with Crippen LogP contribution in [0.25, 0.3) is 0 Å². The van der Waals surface area contributed by atoms with E-state index < -0.39 is 5.82 Å². The van der Waals surface area contributed by atoms with Crippen LogP contribution in [-0.2, 0) is 0 Å². The molecule has 0 aliphatic heterocycles. The van der Waals surface area contributed by atoms with E-state index in [-0.39, 0.29) is 23.2 Å². The highest BCUT2D eigenvalue weighted by atomic mass is 79.9. The fraction of sp³-hybridized carbons (Fsp3) is 0.444. The van der Waals surface area contributed by atoms with Crippen molar-refractivity contribution < 1.29 is 18.4 Å². The van der Waals surface area contributed by atoms with Crippen molar-refractivity contribution in [2.45, 2.75) is 53.4 Å². The zero-order chi connectivity index (χ0) is 26.4. The quantitative estimate of drug-likeness (QED) is 0.327. The number of benzene rings is 2. The van der Waals surface area contributed by atoms with E-state index in [0.29, 0.717) is 28.7 Å². The summed E-state index contributed by atoms with van der Waals surface area (Å²) >= 11 is 3.10. The molecule has 5 nitrogen and oxygen atoms in total. The van der Waals surface area contributed by atoms with Crippen molar-refractivity contribution in [2.75, 3.05) is 26.2 Å². The van der Waals surface area contributed by atoms with Gasteiger partial charge in [0, 0.05) is 37.3 Å². The first kappa shape index (κ1) is 30.2.